The van der Waals surface area contributed by atoms with Crippen LogP contribution in [0.3, 0.4) is 0 Å². The summed E-state index contributed by atoms with van der Waals surface area (Å²) in [5.41, 5.74) is 0.550. The Kier molecular flexibility index (Phi) is 8.01. The zero-order chi connectivity index (χ0) is 26.6. The number of nitrogens with zero attached hydrogens (tertiary/aromatic N) is 4. The maximum Gasteiger partial charge on any atom is 0.253 e. The van der Waals surface area contributed by atoms with E-state index in [1.165, 1.54) is 26.1 Å². The summed E-state index contributed by atoms with van der Waals surface area (Å²) in [4.78, 5) is 28.8. The number of aliphatic hydroxyl groups is 1. The minimum Gasteiger partial charge on any atom is -0.475 e. The molecule has 2 aromatic heterocycles. The second-order valence-corrected chi connectivity index (χ2v) is 9.92. The Hall–Kier alpha value is -3.21. The molecule has 0 aromatic carbocycles. The zero-order valence-electron chi connectivity index (χ0n) is 21.7. The second-order valence-electron chi connectivity index (χ2n) is 9.92. The third-order valence-corrected chi connectivity index (χ3v) is 6.45. The third-order valence-electron chi connectivity index (χ3n) is 6.45. The summed E-state index contributed by atoms with van der Waals surface area (Å²) in [6.07, 6.45) is 4.80. The fourth-order valence-corrected chi connectivity index (χ4v) is 4.36. The Morgan fingerprint density at radius 1 is 1.30 bits per heavy atom. The van der Waals surface area contributed by atoms with Crippen molar-refractivity contribution in [3.05, 3.63) is 59.2 Å². The van der Waals surface area contributed by atoms with E-state index in [4.69, 9.17) is 14.5 Å². The van der Waals surface area contributed by atoms with Crippen LogP contribution in [0.1, 0.15) is 55.7 Å². The van der Waals surface area contributed by atoms with Crippen molar-refractivity contribution in [1.29, 1.82) is 0 Å². The molecule has 0 aliphatic carbocycles. The Bertz CT molecular complexity index is 1170. The number of carbonyl (C=O) groups excluding carboxylic acids is 1. The number of hydrogen-bond donors (Lipinski definition) is 2. The van der Waals surface area contributed by atoms with Crippen molar-refractivity contribution in [2.24, 2.45) is 4.99 Å². The molecule has 2 aliphatic rings. The van der Waals surface area contributed by atoms with Gasteiger partial charge in [0, 0.05) is 55.4 Å². The highest BCUT2D eigenvalue weighted by atomic mass is 19.1. The highest BCUT2D eigenvalue weighted by Crippen LogP contribution is 2.35. The Morgan fingerprint density at radius 2 is 2.05 bits per heavy atom. The highest BCUT2D eigenvalue weighted by Gasteiger charge is 2.41. The van der Waals surface area contributed by atoms with Crippen molar-refractivity contribution in [2.75, 3.05) is 32.9 Å². The normalized spacial score (nSPS) is 21.6. The molecule has 37 heavy (non-hydrogen) atoms. The first-order valence-electron chi connectivity index (χ1n) is 12.4. The molecule has 2 aliphatic heterocycles. The molecule has 1 unspecified atom stereocenters. The molecule has 198 valence electrons. The third kappa shape index (κ3) is 6.38. The summed E-state index contributed by atoms with van der Waals surface area (Å²) >= 11 is 0. The van der Waals surface area contributed by atoms with Gasteiger partial charge in [0.25, 0.3) is 5.91 Å². The van der Waals surface area contributed by atoms with Crippen LogP contribution in [0.4, 0.5) is 4.39 Å². The number of carbonyl (C=O) groups is 1. The van der Waals surface area contributed by atoms with Crippen LogP contribution >= 0.6 is 0 Å². The number of aliphatic hydroxyl groups excluding tert-OH is 1. The average molecular weight is 512 g/mol. The molecular formula is C27H34FN5O4. The van der Waals surface area contributed by atoms with E-state index in [0.717, 1.165) is 16.8 Å². The van der Waals surface area contributed by atoms with Crippen LogP contribution in [0.25, 0.3) is 5.57 Å². The van der Waals surface area contributed by atoms with Gasteiger partial charge < -0.3 is 19.9 Å². The number of ether oxygens (including phenoxy) is 2. The van der Waals surface area contributed by atoms with Gasteiger partial charge in [-0.05, 0) is 57.0 Å². The van der Waals surface area contributed by atoms with Crippen molar-refractivity contribution in [3.63, 3.8) is 0 Å². The number of pyridine rings is 2. The Labute approximate surface area is 216 Å². The summed E-state index contributed by atoms with van der Waals surface area (Å²) in [7, 11) is 0. The van der Waals surface area contributed by atoms with Crippen molar-refractivity contribution in [2.45, 2.75) is 51.6 Å². The first-order chi connectivity index (χ1) is 17.6. The molecule has 10 heteroatoms. The molecule has 1 amide bonds. The molecule has 2 N–H and O–H groups in total. The summed E-state index contributed by atoms with van der Waals surface area (Å²) in [5, 5.41) is 12.6. The van der Waals surface area contributed by atoms with Crippen molar-refractivity contribution >= 4 is 17.7 Å². The first-order valence-corrected chi connectivity index (χ1v) is 12.4. The molecule has 0 spiro atoms. The smallest absolute Gasteiger partial charge is 0.253 e. The lowest BCUT2D eigenvalue weighted by molar-refractivity contribution is -0.00621. The van der Waals surface area contributed by atoms with Gasteiger partial charge in [-0.3, -0.25) is 19.7 Å². The van der Waals surface area contributed by atoms with Crippen LogP contribution < -0.4 is 10.1 Å². The van der Waals surface area contributed by atoms with Crippen LogP contribution in [0, 0.1) is 0 Å². The summed E-state index contributed by atoms with van der Waals surface area (Å²) in [5.74, 6) is 0.0731. The number of aromatic nitrogens is 2. The average Bonchev–Trinajstić information content (AvgIpc) is 2.89. The Balaban J connectivity index is 1.62. The van der Waals surface area contributed by atoms with E-state index in [0.29, 0.717) is 44.2 Å². The number of halogens is 1. The second kappa shape index (κ2) is 11.0. The van der Waals surface area contributed by atoms with E-state index in [-0.39, 0.29) is 18.2 Å². The fourth-order valence-electron chi connectivity index (χ4n) is 4.36. The van der Waals surface area contributed by atoms with Gasteiger partial charge in [0.1, 0.15) is 17.9 Å². The van der Waals surface area contributed by atoms with Crippen LogP contribution in [-0.2, 0) is 10.4 Å². The minimum atomic E-state index is -1.67. The standard InChI is InChI=1S/C27H34FN5O4/c1-18(34)16-37-24-6-5-21(15-30-24)22-14-27(17-31-19(22)2,33-9-11-36-12-10-33)32-25(35)20-7-8-29-23(13-20)26(3,4)28/h5-8,13,15,17-18,34H,9-12,14,16H2,1-4H3,(H,32,35)/t18?,27-/m0/s1. The number of morpholine rings is 1. The van der Waals surface area contributed by atoms with Crippen molar-refractivity contribution in [1.82, 2.24) is 20.2 Å². The van der Waals surface area contributed by atoms with E-state index in [9.17, 15) is 14.3 Å². The number of allylic oxidation sites excluding steroid dienone is 1. The van der Waals surface area contributed by atoms with Crippen LogP contribution in [-0.4, -0.2) is 76.8 Å². The molecule has 4 heterocycles. The van der Waals surface area contributed by atoms with E-state index in [2.05, 4.69) is 20.2 Å². The number of amides is 1. The van der Waals surface area contributed by atoms with Gasteiger partial charge in [0.05, 0.1) is 25.0 Å². The van der Waals surface area contributed by atoms with Gasteiger partial charge in [0.2, 0.25) is 5.88 Å². The summed E-state index contributed by atoms with van der Waals surface area (Å²) in [6.45, 7) is 8.85. The fraction of sp³-hybridized carbons (Fsp3) is 0.481. The number of aliphatic imine (C=N–C) groups is 1. The van der Waals surface area contributed by atoms with E-state index < -0.39 is 17.4 Å². The number of hydrogen-bond acceptors (Lipinski definition) is 8. The van der Waals surface area contributed by atoms with E-state index >= 15 is 0 Å². The lowest BCUT2D eigenvalue weighted by atomic mass is 9.90. The lowest BCUT2D eigenvalue weighted by Crippen LogP contribution is -2.65. The van der Waals surface area contributed by atoms with Crippen LogP contribution in [0.2, 0.25) is 0 Å². The molecule has 1 saturated heterocycles. The molecular weight excluding hydrogens is 477 g/mol. The van der Waals surface area contributed by atoms with Gasteiger partial charge in [-0.15, -0.1) is 0 Å². The van der Waals surface area contributed by atoms with Crippen molar-refractivity contribution < 1.29 is 23.8 Å². The van der Waals surface area contributed by atoms with Crippen LogP contribution in [0.15, 0.2) is 47.3 Å². The van der Waals surface area contributed by atoms with Crippen LogP contribution in [0.5, 0.6) is 5.88 Å². The molecule has 2 aromatic rings. The Morgan fingerprint density at radius 3 is 2.70 bits per heavy atom. The minimum absolute atomic E-state index is 0.154. The van der Waals surface area contributed by atoms with Gasteiger partial charge in [0.15, 0.2) is 0 Å². The van der Waals surface area contributed by atoms with Crippen molar-refractivity contribution in [3.8, 4) is 5.88 Å². The first kappa shape index (κ1) is 26.8. The monoisotopic (exact) mass is 511 g/mol. The molecule has 0 bridgehead atoms. The maximum absolute atomic E-state index is 14.5. The topological polar surface area (TPSA) is 109 Å². The van der Waals surface area contributed by atoms with Gasteiger partial charge in [-0.1, -0.05) is 0 Å². The molecule has 9 nitrogen and oxygen atoms in total. The molecule has 4 rings (SSSR count). The van der Waals surface area contributed by atoms with Gasteiger partial charge in [-0.25, -0.2) is 9.37 Å². The summed E-state index contributed by atoms with van der Waals surface area (Å²) < 4.78 is 25.6. The largest absolute Gasteiger partial charge is 0.475 e. The lowest BCUT2D eigenvalue weighted by Gasteiger charge is -2.45. The SMILES string of the molecule is CC1=C(c2ccc(OCC(C)O)nc2)C[C@](NC(=O)c2ccnc(C(C)(C)F)c2)(N2CCOCC2)C=N1. The number of rotatable bonds is 8. The molecule has 0 saturated carbocycles. The van der Waals surface area contributed by atoms with E-state index in [1.807, 2.05) is 13.0 Å². The number of alkyl halides is 1. The van der Waals surface area contributed by atoms with Gasteiger partial charge >= 0.3 is 0 Å². The quantitative estimate of drug-likeness (QED) is 0.561. The molecule has 0 radical (unpaired) electrons. The number of nitrogens with one attached hydrogen (secondary N) is 1. The zero-order valence-corrected chi connectivity index (χ0v) is 21.7. The van der Waals surface area contributed by atoms with E-state index in [1.54, 1.807) is 31.5 Å². The van der Waals surface area contributed by atoms with Gasteiger partial charge in [-0.2, -0.15) is 0 Å². The highest BCUT2D eigenvalue weighted by molar-refractivity contribution is 5.98. The predicted octanol–water partition coefficient (Wildman–Crippen LogP) is 3.10. The molecule has 2 atom stereocenters. The maximum atomic E-state index is 14.5. The summed E-state index contributed by atoms with van der Waals surface area (Å²) in [6, 6.07) is 6.71. The molecule has 1 fully saturated rings. The predicted molar refractivity (Wildman–Crippen MR) is 138 cm³/mol.